The Morgan fingerprint density at radius 3 is 2.65 bits per heavy atom. The largest absolute Gasteiger partial charge is 0.457 e. The molecule has 0 saturated heterocycles. The Balaban J connectivity index is 2.30. The molecule has 0 saturated carbocycles. The lowest BCUT2D eigenvalue weighted by molar-refractivity contribution is 0.473. The van der Waals surface area contributed by atoms with Crippen LogP contribution in [0.1, 0.15) is 25.3 Å². The van der Waals surface area contributed by atoms with E-state index in [1.807, 2.05) is 18.2 Å². The Hall–Kier alpha value is -2.03. The summed E-state index contributed by atoms with van der Waals surface area (Å²) in [6, 6.07) is 11.5. The molecule has 3 heteroatoms. The summed E-state index contributed by atoms with van der Waals surface area (Å²) in [4.78, 5) is 3.94. The SMILES string of the molecule is CC(C)c1ccccc1Oc1ccnc(N)c1. The molecule has 0 aliphatic heterocycles. The zero-order chi connectivity index (χ0) is 12.3. The summed E-state index contributed by atoms with van der Waals surface area (Å²) in [5.41, 5.74) is 6.80. The van der Waals surface area contributed by atoms with Crippen LogP contribution >= 0.6 is 0 Å². The van der Waals surface area contributed by atoms with Crippen LogP contribution < -0.4 is 10.5 Å². The number of ether oxygens (including phenoxy) is 1. The zero-order valence-electron chi connectivity index (χ0n) is 10.1. The molecule has 88 valence electrons. The van der Waals surface area contributed by atoms with Crippen LogP contribution in [0.15, 0.2) is 42.6 Å². The van der Waals surface area contributed by atoms with E-state index in [-0.39, 0.29) is 0 Å². The molecular formula is C14H16N2O. The van der Waals surface area contributed by atoms with Gasteiger partial charge in [-0.05, 0) is 23.6 Å². The summed E-state index contributed by atoms with van der Waals surface area (Å²) in [5, 5.41) is 0. The highest BCUT2D eigenvalue weighted by Gasteiger charge is 2.07. The highest BCUT2D eigenvalue weighted by atomic mass is 16.5. The number of benzene rings is 1. The number of aromatic nitrogens is 1. The molecule has 0 spiro atoms. The minimum Gasteiger partial charge on any atom is -0.457 e. The molecule has 0 radical (unpaired) electrons. The molecule has 0 amide bonds. The minimum atomic E-state index is 0.422. The quantitative estimate of drug-likeness (QED) is 0.873. The number of hydrogen-bond donors (Lipinski definition) is 1. The summed E-state index contributed by atoms with van der Waals surface area (Å²) in [6.45, 7) is 4.28. The van der Waals surface area contributed by atoms with Gasteiger partial charge >= 0.3 is 0 Å². The van der Waals surface area contributed by atoms with Gasteiger partial charge in [0.25, 0.3) is 0 Å². The van der Waals surface area contributed by atoms with Gasteiger partial charge in [-0.15, -0.1) is 0 Å². The predicted octanol–water partition coefficient (Wildman–Crippen LogP) is 3.58. The van der Waals surface area contributed by atoms with Crippen molar-refractivity contribution in [2.24, 2.45) is 0 Å². The second-order valence-corrected chi connectivity index (χ2v) is 4.21. The van der Waals surface area contributed by atoms with Crippen LogP contribution in [-0.4, -0.2) is 4.98 Å². The molecule has 0 aliphatic rings. The number of anilines is 1. The summed E-state index contributed by atoms with van der Waals surface area (Å²) >= 11 is 0. The molecule has 1 heterocycles. The third-order valence-corrected chi connectivity index (χ3v) is 2.52. The van der Waals surface area contributed by atoms with Gasteiger partial charge in [0.1, 0.15) is 17.3 Å². The van der Waals surface area contributed by atoms with Crippen molar-refractivity contribution in [3.05, 3.63) is 48.2 Å². The second kappa shape index (κ2) is 4.87. The number of nitrogens with two attached hydrogens (primary N) is 1. The molecule has 0 bridgehead atoms. The number of nitrogen functional groups attached to an aromatic ring is 1. The van der Waals surface area contributed by atoms with Crippen LogP contribution in [-0.2, 0) is 0 Å². The van der Waals surface area contributed by atoms with E-state index >= 15 is 0 Å². The molecule has 2 N–H and O–H groups in total. The van der Waals surface area contributed by atoms with E-state index in [1.165, 1.54) is 5.56 Å². The van der Waals surface area contributed by atoms with Gasteiger partial charge in [0, 0.05) is 12.3 Å². The summed E-state index contributed by atoms with van der Waals surface area (Å²) in [6.07, 6.45) is 1.64. The molecule has 0 fully saturated rings. The molecule has 3 nitrogen and oxygen atoms in total. The summed E-state index contributed by atoms with van der Waals surface area (Å²) in [7, 11) is 0. The normalized spacial score (nSPS) is 10.5. The van der Waals surface area contributed by atoms with E-state index in [1.54, 1.807) is 18.3 Å². The first-order chi connectivity index (χ1) is 8.16. The maximum Gasteiger partial charge on any atom is 0.132 e. The lowest BCUT2D eigenvalue weighted by Gasteiger charge is -2.13. The van der Waals surface area contributed by atoms with Crippen LogP contribution in [0.2, 0.25) is 0 Å². The van der Waals surface area contributed by atoms with Gasteiger partial charge in [-0.25, -0.2) is 4.98 Å². The molecular weight excluding hydrogens is 212 g/mol. The predicted molar refractivity (Wildman–Crippen MR) is 69.3 cm³/mol. The van der Waals surface area contributed by atoms with Crippen molar-refractivity contribution < 1.29 is 4.74 Å². The molecule has 0 unspecified atom stereocenters. The number of pyridine rings is 1. The van der Waals surface area contributed by atoms with Gasteiger partial charge in [-0.3, -0.25) is 0 Å². The standard InChI is InChI=1S/C14H16N2O/c1-10(2)12-5-3-4-6-13(12)17-11-7-8-16-14(15)9-11/h3-10H,1-2H3,(H2,15,16). The number of nitrogens with zero attached hydrogens (tertiary/aromatic N) is 1. The van der Waals surface area contributed by atoms with Crippen LogP contribution in [0, 0.1) is 0 Å². The highest BCUT2D eigenvalue weighted by Crippen LogP contribution is 2.30. The van der Waals surface area contributed by atoms with Crippen molar-refractivity contribution in [3.63, 3.8) is 0 Å². The van der Waals surface area contributed by atoms with E-state index in [4.69, 9.17) is 10.5 Å². The monoisotopic (exact) mass is 228 g/mol. The average molecular weight is 228 g/mol. The van der Waals surface area contributed by atoms with E-state index in [0.717, 1.165) is 5.75 Å². The molecule has 0 atom stereocenters. The molecule has 17 heavy (non-hydrogen) atoms. The second-order valence-electron chi connectivity index (χ2n) is 4.21. The number of hydrogen-bond acceptors (Lipinski definition) is 3. The Kier molecular flexibility index (Phi) is 3.28. The Bertz CT molecular complexity index is 509. The topological polar surface area (TPSA) is 48.1 Å². The van der Waals surface area contributed by atoms with Gasteiger partial charge in [0.05, 0.1) is 0 Å². The first kappa shape index (κ1) is 11.5. The Morgan fingerprint density at radius 2 is 1.94 bits per heavy atom. The van der Waals surface area contributed by atoms with Gasteiger partial charge in [0.15, 0.2) is 0 Å². The fourth-order valence-corrected chi connectivity index (χ4v) is 1.67. The van der Waals surface area contributed by atoms with Crippen molar-refractivity contribution in [3.8, 4) is 11.5 Å². The van der Waals surface area contributed by atoms with E-state index in [0.29, 0.717) is 17.5 Å². The van der Waals surface area contributed by atoms with Crippen molar-refractivity contribution in [1.29, 1.82) is 0 Å². The average Bonchev–Trinajstić information content (AvgIpc) is 2.29. The maximum absolute atomic E-state index is 5.83. The van der Waals surface area contributed by atoms with Gasteiger partial charge in [-0.2, -0.15) is 0 Å². The van der Waals surface area contributed by atoms with Crippen LogP contribution in [0.5, 0.6) is 11.5 Å². The third-order valence-electron chi connectivity index (χ3n) is 2.52. The highest BCUT2D eigenvalue weighted by molar-refractivity contribution is 5.42. The zero-order valence-corrected chi connectivity index (χ0v) is 10.1. The molecule has 1 aromatic heterocycles. The lowest BCUT2D eigenvalue weighted by atomic mass is 10.0. The number of rotatable bonds is 3. The van der Waals surface area contributed by atoms with Crippen molar-refractivity contribution in [1.82, 2.24) is 4.98 Å². The lowest BCUT2D eigenvalue weighted by Crippen LogP contribution is -1.95. The van der Waals surface area contributed by atoms with Gasteiger partial charge in [-0.1, -0.05) is 32.0 Å². The fourth-order valence-electron chi connectivity index (χ4n) is 1.67. The van der Waals surface area contributed by atoms with E-state index < -0.39 is 0 Å². The molecule has 0 aliphatic carbocycles. The van der Waals surface area contributed by atoms with Crippen LogP contribution in [0.4, 0.5) is 5.82 Å². The van der Waals surface area contributed by atoms with Gasteiger partial charge in [0.2, 0.25) is 0 Å². The summed E-state index contributed by atoms with van der Waals surface area (Å²) < 4.78 is 5.83. The Morgan fingerprint density at radius 1 is 1.18 bits per heavy atom. The van der Waals surface area contributed by atoms with E-state index in [9.17, 15) is 0 Å². The first-order valence-corrected chi connectivity index (χ1v) is 5.65. The third kappa shape index (κ3) is 2.75. The fraction of sp³-hybridized carbons (Fsp3) is 0.214. The molecule has 2 rings (SSSR count). The molecule has 1 aromatic carbocycles. The summed E-state index contributed by atoms with van der Waals surface area (Å²) in [5.74, 6) is 2.47. The molecule has 2 aromatic rings. The van der Waals surface area contributed by atoms with Crippen LogP contribution in [0.25, 0.3) is 0 Å². The minimum absolute atomic E-state index is 0.422. The maximum atomic E-state index is 5.83. The first-order valence-electron chi connectivity index (χ1n) is 5.65. The van der Waals surface area contributed by atoms with Crippen molar-refractivity contribution >= 4 is 5.82 Å². The Labute approximate surface area is 101 Å². The van der Waals surface area contributed by atoms with Gasteiger partial charge < -0.3 is 10.5 Å². The van der Waals surface area contributed by atoms with Crippen LogP contribution in [0.3, 0.4) is 0 Å². The van der Waals surface area contributed by atoms with Crippen molar-refractivity contribution in [2.45, 2.75) is 19.8 Å². The van der Waals surface area contributed by atoms with Crippen molar-refractivity contribution in [2.75, 3.05) is 5.73 Å². The van der Waals surface area contributed by atoms with E-state index in [2.05, 4.69) is 24.9 Å². The number of para-hydroxylation sites is 1. The smallest absolute Gasteiger partial charge is 0.132 e.